The Labute approximate surface area is 169 Å². The maximum atomic E-state index is 13.6. The van der Waals surface area contributed by atoms with Gasteiger partial charge in [0.1, 0.15) is 12.2 Å². The smallest absolute Gasteiger partial charge is 0.254 e. The molecular formula is C22H25N5O2. The average molecular weight is 391 g/mol. The van der Waals surface area contributed by atoms with E-state index in [1.807, 2.05) is 41.7 Å². The van der Waals surface area contributed by atoms with Gasteiger partial charge in [-0.25, -0.2) is 0 Å². The van der Waals surface area contributed by atoms with E-state index in [-0.39, 0.29) is 17.2 Å². The lowest BCUT2D eigenvalue weighted by molar-refractivity contribution is 0.0107. The Balaban J connectivity index is 1.37. The largest absolute Gasteiger partial charge is 0.381 e. The molecule has 7 heteroatoms. The van der Waals surface area contributed by atoms with E-state index in [0.29, 0.717) is 12.6 Å². The Bertz CT molecular complexity index is 1060. The number of fused-ring (bicyclic) bond motifs is 1. The Kier molecular flexibility index (Phi) is 3.81. The van der Waals surface area contributed by atoms with Gasteiger partial charge < -0.3 is 19.2 Å². The predicted octanol–water partition coefficient (Wildman–Crippen LogP) is 3.13. The Morgan fingerprint density at radius 3 is 2.90 bits per heavy atom. The monoisotopic (exact) mass is 391 g/mol. The molecule has 0 radical (unpaired) electrons. The number of hydrogen-bond acceptors (Lipinski definition) is 4. The molecule has 7 nitrogen and oxygen atoms in total. The third kappa shape index (κ3) is 2.71. The summed E-state index contributed by atoms with van der Waals surface area (Å²) in [6, 6.07) is 8.43. The standard InChI is InChI=1S/C22H25N5O2/c28-21(17-2-1-3-19-16(17)6-9-23-19)26-12-18(22(13-26)7-10-29-11-8-22)20-25-24-14-27(20)15-4-5-15/h1-3,6,9,14-15,18,23H,4-5,7-8,10-13H2. The number of rotatable bonds is 3. The van der Waals surface area contributed by atoms with E-state index in [2.05, 4.69) is 19.7 Å². The molecule has 2 aliphatic heterocycles. The fourth-order valence-electron chi connectivity index (χ4n) is 5.34. The van der Waals surface area contributed by atoms with Crippen molar-refractivity contribution in [3.05, 3.63) is 48.2 Å². The minimum atomic E-state index is 0.0274. The molecule has 1 aromatic carbocycles. The number of nitrogens with one attached hydrogen (secondary N) is 1. The molecule has 1 amide bonds. The fourth-order valence-corrected chi connectivity index (χ4v) is 5.34. The molecule has 1 atom stereocenters. The number of likely N-dealkylation sites (tertiary alicyclic amines) is 1. The molecule has 0 bridgehead atoms. The first-order valence-electron chi connectivity index (χ1n) is 10.6. The minimum Gasteiger partial charge on any atom is -0.381 e. The lowest BCUT2D eigenvalue weighted by Crippen LogP contribution is -2.37. The van der Waals surface area contributed by atoms with Crippen LogP contribution < -0.4 is 0 Å². The number of ether oxygens (including phenoxy) is 1. The van der Waals surface area contributed by atoms with Gasteiger partial charge in [0.2, 0.25) is 0 Å². The molecule has 150 valence electrons. The minimum absolute atomic E-state index is 0.0274. The van der Waals surface area contributed by atoms with Gasteiger partial charge in [-0.1, -0.05) is 6.07 Å². The van der Waals surface area contributed by atoms with Crippen LogP contribution in [0.1, 0.15) is 53.8 Å². The summed E-state index contributed by atoms with van der Waals surface area (Å²) in [6.45, 7) is 2.97. The summed E-state index contributed by atoms with van der Waals surface area (Å²) < 4.78 is 7.96. The van der Waals surface area contributed by atoms with E-state index in [9.17, 15) is 4.79 Å². The van der Waals surface area contributed by atoms with Crippen molar-refractivity contribution in [3.63, 3.8) is 0 Å². The van der Waals surface area contributed by atoms with Crippen molar-refractivity contribution in [2.75, 3.05) is 26.3 Å². The van der Waals surface area contributed by atoms with Crippen LogP contribution in [0.5, 0.6) is 0 Å². The fraction of sp³-hybridized carbons (Fsp3) is 0.500. The first-order chi connectivity index (χ1) is 14.3. The maximum absolute atomic E-state index is 13.6. The van der Waals surface area contributed by atoms with Crippen molar-refractivity contribution in [1.82, 2.24) is 24.6 Å². The summed E-state index contributed by atoms with van der Waals surface area (Å²) in [5.41, 5.74) is 1.80. The first-order valence-corrected chi connectivity index (χ1v) is 10.6. The predicted molar refractivity (Wildman–Crippen MR) is 108 cm³/mol. The van der Waals surface area contributed by atoms with Gasteiger partial charge in [0.25, 0.3) is 5.91 Å². The molecule has 2 saturated heterocycles. The molecule has 1 N–H and O–H groups in total. The van der Waals surface area contributed by atoms with Gasteiger partial charge in [0.05, 0.1) is 0 Å². The van der Waals surface area contributed by atoms with E-state index in [1.54, 1.807) is 0 Å². The zero-order valence-corrected chi connectivity index (χ0v) is 16.4. The number of nitrogens with zero attached hydrogens (tertiary/aromatic N) is 4. The normalized spacial score (nSPS) is 23.9. The maximum Gasteiger partial charge on any atom is 0.254 e. The molecule has 1 aliphatic carbocycles. The second-order valence-corrected chi connectivity index (χ2v) is 8.79. The van der Waals surface area contributed by atoms with Crippen LogP contribution in [0.15, 0.2) is 36.8 Å². The van der Waals surface area contributed by atoms with Crippen molar-refractivity contribution in [2.24, 2.45) is 5.41 Å². The van der Waals surface area contributed by atoms with E-state index < -0.39 is 0 Å². The molecule has 3 fully saturated rings. The summed E-state index contributed by atoms with van der Waals surface area (Å²) in [4.78, 5) is 18.8. The van der Waals surface area contributed by atoms with Crippen LogP contribution in [0.3, 0.4) is 0 Å². The number of amides is 1. The second kappa shape index (κ2) is 6.42. The highest BCUT2D eigenvalue weighted by molar-refractivity contribution is 6.06. The first kappa shape index (κ1) is 17.2. The highest BCUT2D eigenvalue weighted by atomic mass is 16.5. The third-order valence-corrected chi connectivity index (χ3v) is 7.10. The van der Waals surface area contributed by atoms with Crippen LogP contribution >= 0.6 is 0 Å². The second-order valence-electron chi connectivity index (χ2n) is 8.79. The number of benzene rings is 1. The van der Waals surface area contributed by atoms with Crippen LogP contribution in [0.2, 0.25) is 0 Å². The van der Waals surface area contributed by atoms with Gasteiger partial charge in [-0.15, -0.1) is 10.2 Å². The van der Waals surface area contributed by atoms with Gasteiger partial charge in [-0.3, -0.25) is 4.79 Å². The summed E-state index contributed by atoms with van der Waals surface area (Å²) in [6.07, 6.45) is 8.11. The summed E-state index contributed by atoms with van der Waals surface area (Å²) in [5, 5.41) is 9.78. The van der Waals surface area contributed by atoms with Crippen molar-refractivity contribution in [2.45, 2.75) is 37.6 Å². The quantitative estimate of drug-likeness (QED) is 0.744. The number of aromatic nitrogens is 4. The van der Waals surface area contributed by atoms with Crippen molar-refractivity contribution < 1.29 is 9.53 Å². The van der Waals surface area contributed by atoms with Crippen LogP contribution in [0.25, 0.3) is 10.9 Å². The zero-order chi connectivity index (χ0) is 19.4. The number of carbonyl (C=O) groups excluding carboxylic acids is 1. The van der Waals surface area contributed by atoms with E-state index in [0.717, 1.165) is 54.9 Å². The number of carbonyl (C=O) groups is 1. The van der Waals surface area contributed by atoms with Crippen LogP contribution in [-0.4, -0.2) is 56.9 Å². The Hall–Kier alpha value is -2.67. The number of H-pyrrole nitrogens is 1. The average Bonchev–Trinajstić information content (AvgIpc) is 3.15. The van der Waals surface area contributed by atoms with E-state index >= 15 is 0 Å². The number of aromatic amines is 1. The van der Waals surface area contributed by atoms with Crippen molar-refractivity contribution in [1.29, 1.82) is 0 Å². The Morgan fingerprint density at radius 1 is 1.21 bits per heavy atom. The molecule has 1 spiro atoms. The molecule has 6 rings (SSSR count). The highest BCUT2D eigenvalue weighted by Crippen LogP contribution is 2.50. The Morgan fingerprint density at radius 2 is 2.07 bits per heavy atom. The molecule has 1 saturated carbocycles. The van der Waals surface area contributed by atoms with Crippen molar-refractivity contribution >= 4 is 16.8 Å². The van der Waals surface area contributed by atoms with E-state index in [4.69, 9.17) is 4.74 Å². The molecule has 3 aliphatic rings. The molecule has 29 heavy (non-hydrogen) atoms. The van der Waals surface area contributed by atoms with Gasteiger partial charge in [-0.2, -0.15) is 0 Å². The molecule has 1 unspecified atom stereocenters. The van der Waals surface area contributed by atoms with Gasteiger partial charge >= 0.3 is 0 Å². The molecule has 3 aromatic rings. The SMILES string of the molecule is O=C(c1cccc2[nH]ccc12)N1CC(c2nncn2C2CC2)C2(CCOCC2)C1. The van der Waals surface area contributed by atoms with Crippen LogP contribution in [0, 0.1) is 5.41 Å². The summed E-state index contributed by atoms with van der Waals surface area (Å²) in [7, 11) is 0. The topological polar surface area (TPSA) is 76.0 Å². The molecular weight excluding hydrogens is 366 g/mol. The molecule has 2 aromatic heterocycles. The number of hydrogen-bond donors (Lipinski definition) is 1. The summed E-state index contributed by atoms with van der Waals surface area (Å²) >= 11 is 0. The van der Waals surface area contributed by atoms with Crippen LogP contribution in [-0.2, 0) is 4.74 Å². The zero-order valence-electron chi connectivity index (χ0n) is 16.4. The lowest BCUT2D eigenvalue weighted by atomic mass is 9.71. The summed E-state index contributed by atoms with van der Waals surface area (Å²) in [5.74, 6) is 1.38. The van der Waals surface area contributed by atoms with Crippen LogP contribution in [0.4, 0.5) is 0 Å². The molecule has 4 heterocycles. The van der Waals surface area contributed by atoms with E-state index in [1.165, 1.54) is 12.8 Å². The van der Waals surface area contributed by atoms with Gasteiger partial charge in [0.15, 0.2) is 0 Å². The van der Waals surface area contributed by atoms with Gasteiger partial charge in [-0.05, 0) is 43.9 Å². The third-order valence-electron chi connectivity index (χ3n) is 7.10. The van der Waals surface area contributed by atoms with Crippen molar-refractivity contribution in [3.8, 4) is 0 Å². The van der Waals surface area contributed by atoms with Gasteiger partial charge in [0, 0.05) is 66.3 Å². The highest BCUT2D eigenvalue weighted by Gasteiger charge is 2.51. The lowest BCUT2D eigenvalue weighted by Gasteiger charge is -2.37.